The molecule has 3 rings (SSSR count). The first kappa shape index (κ1) is 18.9. The summed E-state index contributed by atoms with van der Waals surface area (Å²) in [6, 6.07) is 25.3. The van der Waals surface area contributed by atoms with Crippen molar-refractivity contribution in [2.45, 2.75) is 6.54 Å². The lowest BCUT2D eigenvalue weighted by Crippen LogP contribution is -2.34. The van der Waals surface area contributed by atoms with Crippen molar-refractivity contribution in [1.29, 1.82) is 0 Å². The van der Waals surface area contributed by atoms with Gasteiger partial charge in [0.15, 0.2) is 6.61 Å². The van der Waals surface area contributed by atoms with Gasteiger partial charge in [-0.25, -0.2) is 0 Å². The summed E-state index contributed by atoms with van der Waals surface area (Å²) in [5.74, 6) is 0.598. The lowest BCUT2D eigenvalue weighted by molar-refractivity contribution is -0.120. The molecule has 0 heterocycles. The molecule has 0 radical (unpaired) electrons. The average molecular weight is 522 g/mol. The van der Waals surface area contributed by atoms with Gasteiger partial charge in [-0.1, -0.05) is 46.3 Å². The monoisotopic (exact) mass is 521 g/mol. The van der Waals surface area contributed by atoms with Crippen molar-refractivity contribution in [2.75, 3.05) is 11.5 Å². The molecule has 26 heavy (non-hydrogen) atoms. The summed E-state index contributed by atoms with van der Waals surface area (Å²) < 4.78 is 7.79. The second-order valence-corrected chi connectivity index (χ2v) is 7.85. The van der Waals surface area contributed by atoms with Crippen LogP contribution >= 0.6 is 38.5 Å². The summed E-state index contributed by atoms with van der Waals surface area (Å²) >= 11 is 5.71. The molecule has 0 aromatic heterocycles. The van der Waals surface area contributed by atoms with E-state index in [0.29, 0.717) is 12.3 Å². The first-order chi connectivity index (χ1) is 12.6. The van der Waals surface area contributed by atoms with Gasteiger partial charge in [0.05, 0.1) is 6.54 Å². The smallest absolute Gasteiger partial charge is 0.265 e. The van der Waals surface area contributed by atoms with Crippen LogP contribution in [0.25, 0.3) is 0 Å². The Labute approximate surface area is 175 Å². The highest BCUT2D eigenvalue weighted by atomic mass is 127. The van der Waals surface area contributed by atoms with Crippen molar-refractivity contribution in [3.63, 3.8) is 0 Å². The van der Waals surface area contributed by atoms with Crippen molar-refractivity contribution >= 4 is 50.1 Å². The third kappa shape index (κ3) is 5.32. The van der Waals surface area contributed by atoms with Gasteiger partial charge in [-0.3, -0.25) is 4.79 Å². The van der Waals surface area contributed by atoms with Crippen LogP contribution in [-0.4, -0.2) is 12.5 Å². The zero-order valence-corrected chi connectivity index (χ0v) is 17.7. The summed E-state index contributed by atoms with van der Waals surface area (Å²) in [5, 5.41) is 0. The van der Waals surface area contributed by atoms with Gasteiger partial charge >= 0.3 is 0 Å². The number of carbonyl (C=O) groups is 1. The number of para-hydroxylation sites is 1. The molecule has 0 aliphatic heterocycles. The Bertz CT molecular complexity index is 851. The molecule has 0 atom stereocenters. The van der Waals surface area contributed by atoms with Gasteiger partial charge in [0.25, 0.3) is 5.91 Å². The number of carbonyl (C=O) groups excluding carboxylic acids is 1. The number of hydrogen-bond donors (Lipinski definition) is 0. The van der Waals surface area contributed by atoms with E-state index in [2.05, 4.69) is 38.5 Å². The van der Waals surface area contributed by atoms with E-state index in [1.165, 1.54) is 3.57 Å². The predicted molar refractivity (Wildman–Crippen MR) is 116 cm³/mol. The Morgan fingerprint density at radius 3 is 2.23 bits per heavy atom. The van der Waals surface area contributed by atoms with Crippen molar-refractivity contribution in [3.05, 3.63) is 92.5 Å². The van der Waals surface area contributed by atoms with Crippen LogP contribution in [0.4, 0.5) is 5.69 Å². The molecule has 0 saturated heterocycles. The molecule has 5 heteroatoms. The largest absolute Gasteiger partial charge is 0.484 e. The van der Waals surface area contributed by atoms with Crippen molar-refractivity contribution in [3.8, 4) is 5.75 Å². The molecule has 3 aromatic rings. The molecular formula is C21H17BrINO2. The van der Waals surface area contributed by atoms with E-state index >= 15 is 0 Å². The van der Waals surface area contributed by atoms with Crippen LogP contribution in [0.1, 0.15) is 5.56 Å². The van der Waals surface area contributed by atoms with Crippen LogP contribution < -0.4 is 9.64 Å². The normalized spacial score (nSPS) is 10.4. The van der Waals surface area contributed by atoms with Gasteiger partial charge in [-0.15, -0.1) is 0 Å². The highest BCUT2D eigenvalue weighted by Crippen LogP contribution is 2.21. The number of nitrogens with zero attached hydrogens (tertiary/aromatic N) is 1. The fourth-order valence-electron chi connectivity index (χ4n) is 2.46. The van der Waals surface area contributed by atoms with Crippen LogP contribution in [0.15, 0.2) is 83.3 Å². The van der Waals surface area contributed by atoms with Crippen LogP contribution in [0.3, 0.4) is 0 Å². The predicted octanol–water partition coefficient (Wildman–Crippen LogP) is 5.67. The number of ether oxygens (including phenoxy) is 1. The molecule has 0 aliphatic carbocycles. The third-order valence-electron chi connectivity index (χ3n) is 3.80. The molecule has 3 nitrogen and oxygen atoms in total. The SMILES string of the molecule is O=C(COc1ccccc1)N(Cc1ccc(I)cc1)c1ccc(Br)cc1. The maximum atomic E-state index is 12.9. The molecular weight excluding hydrogens is 505 g/mol. The molecule has 0 N–H and O–H groups in total. The lowest BCUT2D eigenvalue weighted by Gasteiger charge is -2.23. The van der Waals surface area contributed by atoms with Gasteiger partial charge in [-0.05, 0) is 76.7 Å². The van der Waals surface area contributed by atoms with Gasteiger partial charge < -0.3 is 9.64 Å². The number of halogens is 2. The molecule has 0 aliphatic rings. The maximum Gasteiger partial charge on any atom is 0.265 e. The maximum absolute atomic E-state index is 12.9. The molecule has 0 bridgehead atoms. The number of rotatable bonds is 6. The van der Waals surface area contributed by atoms with Crippen molar-refractivity contribution in [1.82, 2.24) is 0 Å². The summed E-state index contributed by atoms with van der Waals surface area (Å²) in [6.45, 7) is 0.486. The van der Waals surface area contributed by atoms with Gasteiger partial charge in [0.1, 0.15) is 5.75 Å². The van der Waals surface area contributed by atoms with Gasteiger partial charge in [0.2, 0.25) is 0 Å². The van der Waals surface area contributed by atoms with E-state index in [1.807, 2.05) is 78.9 Å². The van der Waals surface area contributed by atoms with E-state index in [-0.39, 0.29) is 12.5 Å². The van der Waals surface area contributed by atoms with E-state index < -0.39 is 0 Å². The minimum absolute atomic E-state index is 0.00948. The summed E-state index contributed by atoms with van der Waals surface area (Å²) in [6.07, 6.45) is 0. The van der Waals surface area contributed by atoms with E-state index in [1.54, 1.807) is 4.90 Å². The van der Waals surface area contributed by atoms with Crippen molar-refractivity contribution < 1.29 is 9.53 Å². The molecule has 0 spiro atoms. The van der Waals surface area contributed by atoms with E-state index in [4.69, 9.17) is 4.74 Å². The fourth-order valence-corrected chi connectivity index (χ4v) is 3.08. The summed E-state index contributed by atoms with van der Waals surface area (Å²) in [4.78, 5) is 14.6. The zero-order valence-electron chi connectivity index (χ0n) is 13.9. The highest BCUT2D eigenvalue weighted by Gasteiger charge is 2.17. The summed E-state index contributed by atoms with van der Waals surface area (Å²) in [7, 11) is 0. The third-order valence-corrected chi connectivity index (χ3v) is 5.05. The standard InChI is InChI=1S/C21H17BrINO2/c22-17-8-12-19(13-9-17)24(14-16-6-10-18(23)11-7-16)21(25)15-26-20-4-2-1-3-5-20/h1-13H,14-15H2. The Hall–Kier alpha value is -1.86. The van der Waals surface area contributed by atoms with Crippen molar-refractivity contribution in [2.24, 2.45) is 0 Å². The second-order valence-electron chi connectivity index (χ2n) is 5.68. The quantitative estimate of drug-likeness (QED) is 0.391. The highest BCUT2D eigenvalue weighted by molar-refractivity contribution is 14.1. The van der Waals surface area contributed by atoms with Gasteiger partial charge in [-0.2, -0.15) is 0 Å². The van der Waals surface area contributed by atoms with Gasteiger partial charge in [0, 0.05) is 13.7 Å². The minimum atomic E-state index is -0.0882. The van der Waals surface area contributed by atoms with Crippen LogP contribution in [-0.2, 0) is 11.3 Å². The summed E-state index contributed by atoms with van der Waals surface area (Å²) in [5.41, 5.74) is 1.91. The van der Waals surface area contributed by atoms with Crippen LogP contribution in [0, 0.1) is 3.57 Å². The molecule has 1 amide bonds. The van der Waals surface area contributed by atoms with Crippen LogP contribution in [0.5, 0.6) is 5.75 Å². The first-order valence-electron chi connectivity index (χ1n) is 8.10. The Morgan fingerprint density at radius 2 is 1.58 bits per heavy atom. The topological polar surface area (TPSA) is 29.5 Å². The first-order valence-corrected chi connectivity index (χ1v) is 9.97. The average Bonchev–Trinajstić information content (AvgIpc) is 2.67. The molecule has 0 saturated carbocycles. The Kier molecular flexibility index (Phi) is 6.68. The Morgan fingerprint density at radius 1 is 0.923 bits per heavy atom. The molecule has 0 fully saturated rings. The zero-order chi connectivity index (χ0) is 18.4. The number of anilines is 1. The van der Waals surface area contributed by atoms with Crippen LogP contribution in [0.2, 0.25) is 0 Å². The molecule has 0 unspecified atom stereocenters. The fraction of sp³-hybridized carbons (Fsp3) is 0.0952. The second kappa shape index (κ2) is 9.19. The van der Waals surface area contributed by atoms with E-state index in [0.717, 1.165) is 15.7 Å². The number of amides is 1. The molecule has 3 aromatic carbocycles. The minimum Gasteiger partial charge on any atom is -0.484 e. The Balaban J connectivity index is 1.78. The lowest BCUT2D eigenvalue weighted by atomic mass is 10.2. The molecule has 132 valence electrons. The van der Waals surface area contributed by atoms with E-state index in [9.17, 15) is 4.79 Å². The number of hydrogen-bond acceptors (Lipinski definition) is 2. The number of benzene rings is 3.